The summed E-state index contributed by atoms with van der Waals surface area (Å²) < 4.78 is 1.98. The first-order valence-corrected chi connectivity index (χ1v) is 6.72. The van der Waals surface area contributed by atoms with Gasteiger partial charge in [-0.25, -0.2) is 0 Å². The van der Waals surface area contributed by atoms with E-state index < -0.39 is 0 Å². The van der Waals surface area contributed by atoms with Gasteiger partial charge in [-0.3, -0.25) is 4.68 Å². The van der Waals surface area contributed by atoms with Gasteiger partial charge >= 0.3 is 0 Å². The largest absolute Gasteiger partial charge is 0.385 e. The van der Waals surface area contributed by atoms with Gasteiger partial charge in [0, 0.05) is 31.4 Å². The molecule has 1 aliphatic heterocycles. The Morgan fingerprint density at radius 2 is 2.28 bits per heavy atom. The zero-order chi connectivity index (χ0) is 12.4. The molecule has 0 spiro atoms. The quantitative estimate of drug-likeness (QED) is 0.895. The Labute approximate surface area is 108 Å². The van der Waals surface area contributed by atoms with Crippen molar-refractivity contribution < 1.29 is 0 Å². The lowest BCUT2D eigenvalue weighted by Crippen LogP contribution is -2.11. The lowest BCUT2D eigenvalue weighted by molar-refractivity contribution is 0.659. The van der Waals surface area contributed by atoms with E-state index >= 15 is 0 Å². The van der Waals surface area contributed by atoms with E-state index in [-0.39, 0.29) is 0 Å². The van der Waals surface area contributed by atoms with E-state index in [2.05, 4.69) is 41.7 Å². The molecule has 1 aromatic carbocycles. The number of nitrogens with one attached hydrogen (secondary N) is 1. The molecule has 3 heteroatoms. The SMILES string of the molecule is CCn1cc(Cc2ccc3c(c2)CCCN3)cn1. The van der Waals surface area contributed by atoms with E-state index in [9.17, 15) is 0 Å². The fourth-order valence-electron chi connectivity index (χ4n) is 2.54. The Balaban J connectivity index is 1.80. The second kappa shape index (κ2) is 4.84. The summed E-state index contributed by atoms with van der Waals surface area (Å²) in [5.41, 5.74) is 5.45. The number of fused-ring (bicyclic) bond motifs is 1. The van der Waals surface area contributed by atoms with Crippen molar-refractivity contribution in [2.24, 2.45) is 0 Å². The van der Waals surface area contributed by atoms with Crippen LogP contribution in [0, 0.1) is 0 Å². The summed E-state index contributed by atoms with van der Waals surface area (Å²) in [4.78, 5) is 0. The van der Waals surface area contributed by atoms with Gasteiger partial charge in [0.15, 0.2) is 0 Å². The minimum absolute atomic E-state index is 0.939. The number of benzene rings is 1. The molecule has 2 aromatic rings. The van der Waals surface area contributed by atoms with Crippen LogP contribution in [-0.2, 0) is 19.4 Å². The molecule has 0 bridgehead atoms. The van der Waals surface area contributed by atoms with Crippen LogP contribution in [-0.4, -0.2) is 16.3 Å². The fourth-order valence-corrected chi connectivity index (χ4v) is 2.54. The highest BCUT2D eigenvalue weighted by atomic mass is 15.3. The first-order chi connectivity index (χ1) is 8.85. The molecule has 1 aliphatic rings. The molecular formula is C15H19N3. The zero-order valence-electron chi connectivity index (χ0n) is 10.8. The van der Waals surface area contributed by atoms with E-state index in [1.165, 1.54) is 35.2 Å². The maximum absolute atomic E-state index is 4.32. The molecule has 0 unspecified atom stereocenters. The summed E-state index contributed by atoms with van der Waals surface area (Å²) in [6.45, 7) is 4.16. The van der Waals surface area contributed by atoms with Crippen LogP contribution in [0.2, 0.25) is 0 Å². The first kappa shape index (κ1) is 11.3. The summed E-state index contributed by atoms with van der Waals surface area (Å²) in [7, 11) is 0. The number of aromatic nitrogens is 2. The van der Waals surface area contributed by atoms with Crippen LogP contribution in [0.4, 0.5) is 5.69 Å². The van der Waals surface area contributed by atoms with Crippen LogP contribution in [0.15, 0.2) is 30.6 Å². The molecule has 3 nitrogen and oxygen atoms in total. The number of hydrogen-bond donors (Lipinski definition) is 1. The van der Waals surface area contributed by atoms with Crippen molar-refractivity contribution in [1.29, 1.82) is 0 Å². The number of anilines is 1. The summed E-state index contributed by atoms with van der Waals surface area (Å²) >= 11 is 0. The molecule has 0 radical (unpaired) electrons. The smallest absolute Gasteiger partial charge is 0.0525 e. The molecule has 1 aromatic heterocycles. The minimum atomic E-state index is 0.939. The molecular weight excluding hydrogens is 222 g/mol. The first-order valence-electron chi connectivity index (χ1n) is 6.72. The summed E-state index contributed by atoms with van der Waals surface area (Å²) in [5, 5.41) is 7.77. The second-order valence-corrected chi connectivity index (χ2v) is 4.90. The van der Waals surface area contributed by atoms with Crippen LogP contribution in [0.3, 0.4) is 0 Å². The predicted molar refractivity (Wildman–Crippen MR) is 74.0 cm³/mol. The van der Waals surface area contributed by atoms with Gasteiger partial charge in [-0.05, 0) is 42.5 Å². The average molecular weight is 241 g/mol. The van der Waals surface area contributed by atoms with Gasteiger partial charge < -0.3 is 5.32 Å². The number of rotatable bonds is 3. The molecule has 0 fully saturated rings. The van der Waals surface area contributed by atoms with Crippen molar-refractivity contribution in [3.05, 3.63) is 47.3 Å². The highest BCUT2D eigenvalue weighted by Crippen LogP contribution is 2.23. The Kier molecular flexibility index (Phi) is 3.05. The highest BCUT2D eigenvalue weighted by Gasteiger charge is 2.09. The highest BCUT2D eigenvalue weighted by molar-refractivity contribution is 5.54. The van der Waals surface area contributed by atoms with Crippen molar-refractivity contribution in [2.75, 3.05) is 11.9 Å². The van der Waals surface area contributed by atoms with Crippen molar-refractivity contribution >= 4 is 5.69 Å². The van der Waals surface area contributed by atoms with Gasteiger partial charge in [-0.1, -0.05) is 12.1 Å². The van der Waals surface area contributed by atoms with Crippen molar-refractivity contribution in [3.63, 3.8) is 0 Å². The number of aryl methyl sites for hydroxylation is 2. The Morgan fingerprint density at radius 1 is 1.33 bits per heavy atom. The van der Waals surface area contributed by atoms with Gasteiger partial charge in [-0.2, -0.15) is 5.10 Å². The Hall–Kier alpha value is -1.77. The number of nitrogens with zero attached hydrogens (tertiary/aromatic N) is 2. The van der Waals surface area contributed by atoms with E-state index in [0.29, 0.717) is 0 Å². The Morgan fingerprint density at radius 3 is 3.11 bits per heavy atom. The molecule has 0 saturated heterocycles. The monoisotopic (exact) mass is 241 g/mol. The molecule has 3 rings (SSSR count). The van der Waals surface area contributed by atoms with E-state index in [4.69, 9.17) is 0 Å². The van der Waals surface area contributed by atoms with E-state index in [0.717, 1.165) is 19.5 Å². The third-order valence-electron chi connectivity index (χ3n) is 3.53. The molecule has 1 N–H and O–H groups in total. The minimum Gasteiger partial charge on any atom is -0.385 e. The van der Waals surface area contributed by atoms with Crippen LogP contribution in [0.1, 0.15) is 30.0 Å². The molecule has 18 heavy (non-hydrogen) atoms. The topological polar surface area (TPSA) is 29.9 Å². The normalized spacial score (nSPS) is 14.1. The van der Waals surface area contributed by atoms with Crippen molar-refractivity contribution in [2.45, 2.75) is 32.7 Å². The fraction of sp³-hybridized carbons (Fsp3) is 0.400. The van der Waals surface area contributed by atoms with Crippen molar-refractivity contribution in [1.82, 2.24) is 9.78 Å². The van der Waals surface area contributed by atoms with Gasteiger partial charge in [0.1, 0.15) is 0 Å². The molecule has 2 heterocycles. The van der Waals surface area contributed by atoms with Crippen LogP contribution < -0.4 is 5.32 Å². The molecule has 0 aliphatic carbocycles. The summed E-state index contributed by atoms with van der Waals surface area (Å²) in [6.07, 6.45) is 7.53. The van der Waals surface area contributed by atoms with Gasteiger partial charge in [0.2, 0.25) is 0 Å². The predicted octanol–water partition coefficient (Wildman–Crippen LogP) is 2.85. The summed E-state index contributed by atoms with van der Waals surface area (Å²) in [5.74, 6) is 0. The van der Waals surface area contributed by atoms with Crippen LogP contribution >= 0.6 is 0 Å². The zero-order valence-corrected chi connectivity index (χ0v) is 10.8. The third-order valence-corrected chi connectivity index (χ3v) is 3.53. The molecule has 0 amide bonds. The maximum Gasteiger partial charge on any atom is 0.0525 e. The number of hydrogen-bond acceptors (Lipinski definition) is 2. The maximum atomic E-state index is 4.32. The van der Waals surface area contributed by atoms with Gasteiger partial charge in [0.25, 0.3) is 0 Å². The third kappa shape index (κ3) is 2.26. The molecule has 0 atom stereocenters. The Bertz CT molecular complexity index is 542. The van der Waals surface area contributed by atoms with Crippen LogP contribution in [0.25, 0.3) is 0 Å². The summed E-state index contributed by atoms with van der Waals surface area (Å²) in [6, 6.07) is 6.78. The second-order valence-electron chi connectivity index (χ2n) is 4.90. The van der Waals surface area contributed by atoms with Crippen molar-refractivity contribution in [3.8, 4) is 0 Å². The average Bonchev–Trinajstić information content (AvgIpc) is 2.86. The van der Waals surface area contributed by atoms with E-state index in [1.807, 2.05) is 10.9 Å². The molecule has 0 saturated carbocycles. The van der Waals surface area contributed by atoms with Crippen LogP contribution in [0.5, 0.6) is 0 Å². The molecule has 94 valence electrons. The lowest BCUT2D eigenvalue weighted by atomic mass is 9.98. The van der Waals surface area contributed by atoms with Gasteiger partial charge in [0.05, 0.1) is 6.20 Å². The van der Waals surface area contributed by atoms with Gasteiger partial charge in [-0.15, -0.1) is 0 Å². The standard InChI is InChI=1S/C15H19N3/c1-2-18-11-13(10-17-18)8-12-5-6-15-14(9-12)4-3-7-16-15/h5-6,9-11,16H,2-4,7-8H2,1H3. The van der Waals surface area contributed by atoms with E-state index in [1.54, 1.807) is 0 Å². The lowest BCUT2D eigenvalue weighted by Gasteiger charge is -2.18.